The molecule has 0 fully saturated rings. The molecule has 1 aromatic rings. The Morgan fingerprint density at radius 2 is 2.24 bits per heavy atom. The van der Waals surface area contributed by atoms with Crippen LogP contribution in [0.4, 0.5) is 0 Å². The topological polar surface area (TPSA) is 86.0 Å². The first kappa shape index (κ1) is 13.2. The van der Waals surface area contributed by atoms with Crippen molar-refractivity contribution in [1.82, 2.24) is 0 Å². The van der Waals surface area contributed by atoms with Crippen LogP contribution >= 0.6 is 15.9 Å². The maximum absolute atomic E-state index is 5.46. The first-order chi connectivity index (χ1) is 8.13. The number of halogens is 1. The van der Waals surface area contributed by atoms with Crippen LogP contribution in [0.1, 0.15) is 5.56 Å². The second-order valence-electron chi connectivity index (χ2n) is 3.05. The number of guanidine groups is 1. The van der Waals surface area contributed by atoms with Crippen molar-refractivity contribution in [3.8, 4) is 5.75 Å². The van der Waals surface area contributed by atoms with Crippen molar-refractivity contribution in [2.75, 3.05) is 6.61 Å². The third-order valence-electron chi connectivity index (χ3n) is 1.70. The minimum Gasteiger partial charge on any atom is -0.489 e. The van der Waals surface area contributed by atoms with Crippen LogP contribution in [0.2, 0.25) is 0 Å². The van der Waals surface area contributed by atoms with Gasteiger partial charge in [0.25, 0.3) is 0 Å². The molecule has 0 spiro atoms. The Hall–Kier alpha value is -1.82. The van der Waals surface area contributed by atoms with E-state index in [0.29, 0.717) is 12.4 Å². The molecule has 6 heteroatoms. The van der Waals surface area contributed by atoms with Crippen LogP contribution in [0.3, 0.4) is 0 Å². The van der Waals surface area contributed by atoms with Crippen molar-refractivity contribution in [3.63, 3.8) is 0 Å². The van der Waals surface area contributed by atoms with Gasteiger partial charge >= 0.3 is 0 Å². The first-order valence-electron chi connectivity index (χ1n) is 4.78. The molecule has 1 rings (SSSR count). The Morgan fingerprint density at radius 1 is 1.47 bits per heavy atom. The minimum atomic E-state index is -0.0928. The van der Waals surface area contributed by atoms with E-state index in [2.05, 4.69) is 32.7 Å². The normalized spacial score (nSPS) is 10.2. The van der Waals surface area contributed by atoms with Crippen LogP contribution in [-0.2, 0) is 0 Å². The van der Waals surface area contributed by atoms with Gasteiger partial charge < -0.3 is 16.2 Å². The van der Waals surface area contributed by atoms with E-state index in [1.54, 1.807) is 6.08 Å². The molecule has 0 aromatic heterocycles. The van der Waals surface area contributed by atoms with Crippen LogP contribution in [0.25, 0.3) is 0 Å². The van der Waals surface area contributed by atoms with Gasteiger partial charge in [0.1, 0.15) is 12.4 Å². The predicted molar refractivity (Wildman–Crippen MR) is 73.2 cm³/mol. The molecule has 0 saturated heterocycles. The van der Waals surface area contributed by atoms with Crippen LogP contribution < -0.4 is 16.2 Å². The van der Waals surface area contributed by atoms with Gasteiger partial charge in [0.15, 0.2) is 0 Å². The number of benzene rings is 1. The van der Waals surface area contributed by atoms with Crippen molar-refractivity contribution in [2.45, 2.75) is 0 Å². The lowest BCUT2D eigenvalue weighted by Crippen LogP contribution is -2.21. The molecule has 0 atom stereocenters. The molecule has 0 unspecified atom stereocenters. The van der Waals surface area contributed by atoms with E-state index >= 15 is 0 Å². The molecule has 17 heavy (non-hydrogen) atoms. The quantitative estimate of drug-likeness (QED) is 0.375. The van der Waals surface area contributed by atoms with E-state index in [0.717, 1.165) is 10.0 Å². The second-order valence-corrected chi connectivity index (χ2v) is 3.97. The minimum absolute atomic E-state index is 0.0928. The highest BCUT2D eigenvalue weighted by atomic mass is 79.9. The van der Waals surface area contributed by atoms with E-state index in [1.807, 2.05) is 18.2 Å². The molecule has 4 N–H and O–H groups in total. The molecular weight excluding hydrogens is 284 g/mol. The van der Waals surface area contributed by atoms with Gasteiger partial charge in [-0.15, -0.1) is 5.10 Å². The Balaban J connectivity index is 2.94. The fourth-order valence-corrected chi connectivity index (χ4v) is 1.44. The summed E-state index contributed by atoms with van der Waals surface area (Å²) in [5.41, 5.74) is 11.1. The zero-order valence-electron chi connectivity index (χ0n) is 9.14. The number of nitrogens with two attached hydrogens (primary N) is 2. The maximum atomic E-state index is 5.46. The van der Waals surface area contributed by atoms with Gasteiger partial charge in [-0.1, -0.05) is 28.6 Å². The summed E-state index contributed by atoms with van der Waals surface area (Å²) in [6.07, 6.45) is 3.18. The number of hydrogen-bond donors (Lipinski definition) is 2. The van der Waals surface area contributed by atoms with E-state index in [1.165, 1.54) is 6.21 Å². The highest BCUT2D eigenvalue weighted by Crippen LogP contribution is 2.21. The summed E-state index contributed by atoms with van der Waals surface area (Å²) >= 11 is 3.36. The molecule has 0 radical (unpaired) electrons. The van der Waals surface area contributed by atoms with Crippen LogP contribution in [0, 0.1) is 0 Å². The fraction of sp³-hybridized carbons (Fsp3) is 0.0909. The second kappa shape index (κ2) is 6.70. The Kier molecular flexibility index (Phi) is 5.22. The van der Waals surface area contributed by atoms with Gasteiger partial charge in [0.2, 0.25) is 5.96 Å². The molecule has 90 valence electrons. The molecule has 1 aromatic carbocycles. The molecule has 0 saturated carbocycles. The zero-order chi connectivity index (χ0) is 12.7. The van der Waals surface area contributed by atoms with Gasteiger partial charge in [-0.3, -0.25) is 0 Å². The van der Waals surface area contributed by atoms with Crippen LogP contribution in [0.5, 0.6) is 5.75 Å². The predicted octanol–water partition coefficient (Wildman–Crippen LogP) is 1.62. The maximum Gasteiger partial charge on any atom is 0.211 e. The number of nitrogens with zero attached hydrogens (tertiary/aromatic N) is 2. The Morgan fingerprint density at radius 3 is 2.88 bits per heavy atom. The standard InChI is InChI=1S/C11H13BrN4O/c1-2-5-17-10-4-3-9(12)6-8(10)7-15-16-11(13)14/h2-4,6-7H,1,5H2,(H4,13,14,16). The van der Waals surface area contributed by atoms with Gasteiger partial charge in [0.05, 0.1) is 6.21 Å². The van der Waals surface area contributed by atoms with E-state index in [9.17, 15) is 0 Å². The highest BCUT2D eigenvalue weighted by molar-refractivity contribution is 9.10. The molecule has 5 nitrogen and oxygen atoms in total. The molecule has 0 amide bonds. The third-order valence-corrected chi connectivity index (χ3v) is 2.19. The van der Waals surface area contributed by atoms with E-state index in [4.69, 9.17) is 16.2 Å². The number of ether oxygens (including phenoxy) is 1. The van der Waals surface area contributed by atoms with Crippen molar-refractivity contribution in [2.24, 2.45) is 21.7 Å². The SMILES string of the molecule is C=CCOc1ccc(Br)cc1C=NN=C(N)N. The molecular formula is C11H13BrN4O. The lowest BCUT2D eigenvalue weighted by molar-refractivity contribution is 0.362. The van der Waals surface area contributed by atoms with E-state index < -0.39 is 0 Å². The summed E-state index contributed by atoms with van der Waals surface area (Å²) in [6.45, 7) is 4.01. The molecule has 0 aliphatic heterocycles. The molecule has 0 heterocycles. The number of hydrogen-bond acceptors (Lipinski definition) is 3. The molecule has 0 aliphatic rings. The van der Waals surface area contributed by atoms with Crippen LogP contribution in [0.15, 0.2) is 45.5 Å². The highest BCUT2D eigenvalue weighted by Gasteiger charge is 2.01. The zero-order valence-corrected chi connectivity index (χ0v) is 10.7. The smallest absolute Gasteiger partial charge is 0.211 e. The summed E-state index contributed by atoms with van der Waals surface area (Å²) in [4.78, 5) is 0. The van der Waals surface area contributed by atoms with Gasteiger partial charge in [0, 0.05) is 10.0 Å². The molecule has 0 bridgehead atoms. The number of rotatable bonds is 5. The van der Waals surface area contributed by atoms with Crippen molar-refractivity contribution >= 4 is 28.1 Å². The Labute approximate surface area is 108 Å². The van der Waals surface area contributed by atoms with Gasteiger partial charge in [-0.05, 0) is 18.2 Å². The fourth-order valence-electron chi connectivity index (χ4n) is 1.06. The average Bonchev–Trinajstić information content (AvgIpc) is 2.27. The monoisotopic (exact) mass is 296 g/mol. The van der Waals surface area contributed by atoms with E-state index in [-0.39, 0.29) is 5.96 Å². The summed E-state index contributed by atoms with van der Waals surface area (Å²) in [5.74, 6) is 0.590. The summed E-state index contributed by atoms with van der Waals surface area (Å²) in [5, 5.41) is 7.26. The summed E-state index contributed by atoms with van der Waals surface area (Å²) < 4.78 is 6.37. The van der Waals surface area contributed by atoms with Gasteiger partial charge in [-0.25, -0.2) is 0 Å². The summed E-state index contributed by atoms with van der Waals surface area (Å²) in [6, 6.07) is 5.55. The lowest BCUT2D eigenvalue weighted by Gasteiger charge is -2.06. The van der Waals surface area contributed by atoms with Gasteiger partial charge in [-0.2, -0.15) is 5.10 Å². The summed E-state index contributed by atoms with van der Waals surface area (Å²) in [7, 11) is 0. The Bertz CT molecular complexity index is 453. The average molecular weight is 297 g/mol. The third kappa shape index (κ3) is 4.69. The van der Waals surface area contributed by atoms with Crippen molar-refractivity contribution in [3.05, 3.63) is 40.9 Å². The first-order valence-corrected chi connectivity index (χ1v) is 5.58. The largest absolute Gasteiger partial charge is 0.489 e. The van der Waals surface area contributed by atoms with Crippen molar-refractivity contribution in [1.29, 1.82) is 0 Å². The van der Waals surface area contributed by atoms with Crippen molar-refractivity contribution < 1.29 is 4.74 Å². The van der Waals surface area contributed by atoms with Crippen LogP contribution in [-0.4, -0.2) is 18.8 Å². The molecule has 0 aliphatic carbocycles. The lowest BCUT2D eigenvalue weighted by atomic mass is 10.2.